The van der Waals surface area contributed by atoms with Crippen molar-refractivity contribution in [1.82, 2.24) is 9.55 Å². The number of carbonyl (C=O) groups excluding carboxylic acids is 1. The van der Waals surface area contributed by atoms with E-state index in [2.05, 4.69) is 10.3 Å². The number of hydrogen-bond acceptors (Lipinski definition) is 3. The molecule has 1 aromatic heterocycles. The molecule has 0 radical (unpaired) electrons. The molecule has 20 heavy (non-hydrogen) atoms. The van der Waals surface area contributed by atoms with Crippen LogP contribution in [0.4, 0.5) is 5.69 Å². The van der Waals surface area contributed by atoms with Gasteiger partial charge in [0.05, 0.1) is 17.0 Å². The molecule has 1 aromatic carbocycles. The minimum atomic E-state index is -0.582. The number of rotatable bonds is 3. The zero-order valence-corrected chi connectivity index (χ0v) is 12.2. The Morgan fingerprint density at radius 2 is 1.95 bits per heavy atom. The molecule has 0 aliphatic heterocycles. The molecule has 104 valence electrons. The van der Waals surface area contributed by atoms with Crippen LogP contribution in [0.2, 0.25) is 15.2 Å². The van der Waals surface area contributed by atoms with Crippen LogP contribution in [-0.2, 0) is 11.3 Å². The third-order valence-corrected chi connectivity index (χ3v) is 3.46. The lowest BCUT2D eigenvalue weighted by Gasteiger charge is -2.08. The van der Waals surface area contributed by atoms with Crippen LogP contribution in [0.5, 0.6) is 0 Å². The van der Waals surface area contributed by atoms with Gasteiger partial charge in [0.1, 0.15) is 11.6 Å². The van der Waals surface area contributed by atoms with Crippen LogP contribution in [0, 0.1) is 0 Å². The molecule has 5 nitrogen and oxygen atoms in total. The van der Waals surface area contributed by atoms with Crippen LogP contribution in [0.15, 0.2) is 35.4 Å². The number of carbonyl (C=O) groups is 1. The first kappa shape index (κ1) is 14.8. The third-order valence-electron chi connectivity index (χ3n) is 2.40. The molecule has 2 aromatic rings. The Morgan fingerprint density at radius 1 is 1.25 bits per heavy atom. The summed E-state index contributed by atoms with van der Waals surface area (Å²) < 4.78 is 1.06. The number of nitrogens with zero attached hydrogens (tertiary/aromatic N) is 2. The molecule has 0 unspecified atom stereocenters. The highest BCUT2D eigenvalue weighted by Crippen LogP contribution is 2.20. The van der Waals surface area contributed by atoms with Crippen molar-refractivity contribution in [3.05, 3.63) is 56.1 Å². The van der Waals surface area contributed by atoms with E-state index in [-0.39, 0.29) is 16.7 Å². The molecule has 0 saturated carbocycles. The first-order valence-electron chi connectivity index (χ1n) is 5.44. The first-order chi connectivity index (χ1) is 9.49. The predicted octanol–water partition coefficient (Wildman–Crippen LogP) is 2.84. The molecule has 2 rings (SSSR count). The van der Waals surface area contributed by atoms with Gasteiger partial charge in [0, 0.05) is 0 Å². The normalized spacial score (nSPS) is 10.3. The van der Waals surface area contributed by atoms with E-state index in [1.165, 1.54) is 0 Å². The molecule has 8 heteroatoms. The van der Waals surface area contributed by atoms with E-state index < -0.39 is 11.5 Å². The third kappa shape index (κ3) is 3.30. The summed E-state index contributed by atoms with van der Waals surface area (Å²) in [5.74, 6) is -0.430. The van der Waals surface area contributed by atoms with Crippen molar-refractivity contribution in [3.8, 4) is 0 Å². The zero-order valence-electron chi connectivity index (χ0n) is 9.94. The summed E-state index contributed by atoms with van der Waals surface area (Å²) in [5.41, 5.74) is -0.124. The van der Waals surface area contributed by atoms with E-state index in [1.54, 1.807) is 24.3 Å². The Labute approximate surface area is 129 Å². The molecular weight excluding hydrogens is 325 g/mol. The fourth-order valence-corrected chi connectivity index (χ4v) is 1.93. The highest BCUT2D eigenvalue weighted by molar-refractivity contribution is 6.41. The molecule has 0 aliphatic rings. The van der Waals surface area contributed by atoms with E-state index >= 15 is 0 Å². The van der Waals surface area contributed by atoms with Crippen LogP contribution >= 0.6 is 34.8 Å². The molecule has 0 atom stereocenters. The van der Waals surface area contributed by atoms with E-state index in [9.17, 15) is 9.59 Å². The summed E-state index contributed by atoms with van der Waals surface area (Å²) in [6.45, 7) is -0.242. The van der Waals surface area contributed by atoms with Gasteiger partial charge in [0.2, 0.25) is 5.91 Å². The van der Waals surface area contributed by atoms with Gasteiger partial charge in [0.15, 0.2) is 5.15 Å². The molecule has 0 bridgehead atoms. The maximum atomic E-state index is 11.8. The summed E-state index contributed by atoms with van der Waals surface area (Å²) in [5, 5.41) is 2.67. The maximum absolute atomic E-state index is 11.8. The van der Waals surface area contributed by atoms with Gasteiger partial charge >= 0.3 is 0 Å². The fraction of sp³-hybridized carbons (Fsp3) is 0.0833. The van der Waals surface area contributed by atoms with Gasteiger partial charge < -0.3 is 5.32 Å². The van der Waals surface area contributed by atoms with Crippen LogP contribution in [-0.4, -0.2) is 15.5 Å². The van der Waals surface area contributed by atoms with Gasteiger partial charge in [-0.05, 0) is 12.1 Å². The van der Waals surface area contributed by atoms with Crippen molar-refractivity contribution in [3.63, 3.8) is 0 Å². The van der Waals surface area contributed by atoms with E-state index in [1.807, 2.05) is 0 Å². The Kier molecular flexibility index (Phi) is 4.65. The minimum absolute atomic E-state index is 0.0978. The molecule has 0 saturated heterocycles. The number of hydrogen-bond donors (Lipinski definition) is 1. The number of anilines is 1. The van der Waals surface area contributed by atoms with Gasteiger partial charge in [0.25, 0.3) is 5.56 Å². The zero-order chi connectivity index (χ0) is 14.7. The highest BCUT2D eigenvalue weighted by Gasteiger charge is 2.11. The van der Waals surface area contributed by atoms with Gasteiger partial charge in [-0.15, -0.1) is 0 Å². The lowest BCUT2D eigenvalue weighted by Crippen LogP contribution is -2.28. The number of aromatic nitrogens is 2. The van der Waals surface area contributed by atoms with Crippen molar-refractivity contribution < 1.29 is 4.79 Å². The quantitative estimate of drug-likeness (QED) is 0.879. The topological polar surface area (TPSA) is 64.0 Å². The Bertz CT molecular complexity index is 715. The van der Waals surface area contributed by atoms with Crippen LogP contribution in [0.25, 0.3) is 0 Å². The second-order valence-corrected chi connectivity index (χ2v) is 4.95. The first-order valence-corrected chi connectivity index (χ1v) is 6.57. The lowest BCUT2D eigenvalue weighted by molar-refractivity contribution is -0.116. The molecule has 1 heterocycles. The summed E-state index contributed by atoms with van der Waals surface area (Å²) in [6.07, 6.45) is 1.16. The summed E-state index contributed by atoms with van der Waals surface area (Å²) in [7, 11) is 0. The van der Waals surface area contributed by atoms with E-state index in [0.717, 1.165) is 10.9 Å². The van der Waals surface area contributed by atoms with Gasteiger partial charge in [-0.25, -0.2) is 4.98 Å². The van der Waals surface area contributed by atoms with E-state index in [4.69, 9.17) is 34.8 Å². The predicted molar refractivity (Wildman–Crippen MR) is 78.6 cm³/mol. The average molecular weight is 333 g/mol. The minimum Gasteiger partial charge on any atom is -0.323 e. The molecule has 0 spiro atoms. The van der Waals surface area contributed by atoms with Crippen LogP contribution in [0.1, 0.15) is 0 Å². The van der Waals surface area contributed by atoms with Gasteiger partial charge in [-0.2, -0.15) is 0 Å². The molecular formula is C12H8Cl3N3O2. The molecule has 0 aliphatic carbocycles. The van der Waals surface area contributed by atoms with Gasteiger partial charge in [-0.1, -0.05) is 46.9 Å². The second kappa shape index (κ2) is 6.26. The maximum Gasteiger partial charge on any atom is 0.274 e. The van der Waals surface area contributed by atoms with Crippen LogP contribution < -0.4 is 10.9 Å². The number of amides is 1. The van der Waals surface area contributed by atoms with Gasteiger partial charge in [-0.3, -0.25) is 14.2 Å². The SMILES string of the molecule is O=C(Cn1cnc(Cl)c(Cl)c1=O)Nc1ccccc1Cl. The lowest BCUT2D eigenvalue weighted by atomic mass is 10.3. The number of nitrogens with one attached hydrogen (secondary N) is 1. The molecule has 0 fully saturated rings. The Hall–Kier alpha value is -1.56. The smallest absolute Gasteiger partial charge is 0.274 e. The summed E-state index contributed by atoms with van der Waals surface area (Å²) in [4.78, 5) is 27.3. The van der Waals surface area contributed by atoms with Crippen molar-refractivity contribution >= 4 is 46.4 Å². The number of halogens is 3. The van der Waals surface area contributed by atoms with Crippen LogP contribution in [0.3, 0.4) is 0 Å². The summed E-state index contributed by atoms with van der Waals surface area (Å²) >= 11 is 17.2. The number of benzene rings is 1. The van der Waals surface area contributed by atoms with E-state index in [0.29, 0.717) is 10.7 Å². The molecule has 1 N–H and O–H groups in total. The van der Waals surface area contributed by atoms with Crippen molar-refractivity contribution in [2.24, 2.45) is 0 Å². The molecule has 1 amide bonds. The highest BCUT2D eigenvalue weighted by atomic mass is 35.5. The second-order valence-electron chi connectivity index (χ2n) is 3.81. The number of para-hydroxylation sites is 1. The largest absolute Gasteiger partial charge is 0.323 e. The van der Waals surface area contributed by atoms with Crippen molar-refractivity contribution in [2.45, 2.75) is 6.54 Å². The summed E-state index contributed by atoms with van der Waals surface area (Å²) in [6, 6.07) is 6.76. The van der Waals surface area contributed by atoms with Crippen molar-refractivity contribution in [1.29, 1.82) is 0 Å². The standard InChI is InChI=1S/C12H8Cl3N3O2/c13-7-3-1-2-4-8(7)17-9(19)5-18-6-16-11(15)10(14)12(18)20/h1-4,6H,5H2,(H,17,19). The Balaban J connectivity index is 2.15. The fourth-order valence-electron chi connectivity index (χ4n) is 1.46. The average Bonchev–Trinajstić information content (AvgIpc) is 2.42. The van der Waals surface area contributed by atoms with Crippen molar-refractivity contribution in [2.75, 3.05) is 5.32 Å². The monoisotopic (exact) mass is 331 g/mol. The Morgan fingerprint density at radius 3 is 2.65 bits per heavy atom.